The highest BCUT2D eigenvalue weighted by Gasteiger charge is 2.09. The van der Waals surface area contributed by atoms with Crippen molar-refractivity contribution < 1.29 is 0 Å². The Balaban J connectivity index is 1.82. The van der Waals surface area contributed by atoms with Gasteiger partial charge in [0, 0.05) is 35.0 Å². The number of hydrogen-bond acceptors (Lipinski definition) is 3. The van der Waals surface area contributed by atoms with Gasteiger partial charge in [0.2, 0.25) is 0 Å². The maximum absolute atomic E-state index is 5.91. The van der Waals surface area contributed by atoms with E-state index >= 15 is 0 Å². The van der Waals surface area contributed by atoms with Crippen molar-refractivity contribution >= 4 is 23.4 Å². The first-order chi connectivity index (χ1) is 10.2. The number of nitrogens with zero attached hydrogens (tertiary/aromatic N) is 2. The molecule has 2 rings (SSSR count). The van der Waals surface area contributed by atoms with Crippen molar-refractivity contribution in [1.82, 2.24) is 15.1 Å². The molecule has 0 bridgehead atoms. The molecule has 1 aromatic heterocycles. The Morgan fingerprint density at radius 3 is 2.71 bits per heavy atom. The van der Waals surface area contributed by atoms with Gasteiger partial charge in [-0.1, -0.05) is 18.5 Å². The maximum atomic E-state index is 5.91. The molecule has 0 radical (unpaired) electrons. The highest BCUT2D eigenvalue weighted by molar-refractivity contribution is 7.99. The molecule has 0 fully saturated rings. The van der Waals surface area contributed by atoms with Crippen LogP contribution in [0.3, 0.4) is 0 Å². The van der Waals surface area contributed by atoms with E-state index in [1.807, 2.05) is 41.8 Å². The first-order valence-corrected chi connectivity index (χ1v) is 8.63. The summed E-state index contributed by atoms with van der Waals surface area (Å²) in [5.74, 6) is 1.07. The molecule has 1 N–H and O–H groups in total. The van der Waals surface area contributed by atoms with E-state index in [1.165, 1.54) is 10.5 Å². The minimum atomic E-state index is 0.510. The average Bonchev–Trinajstić information content (AvgIpc) is 2.89. The molecule has 21 heavy (non-hydrogen) atoms. The molecular weight excluding hydrogens is 302 g/mol. The molecule has 114 valence electrons. The van der Waals surface area contributed by atoms with E-state index in [0.29, 0.717) is 6.04 Å². The fourth-order valence-corrected chi connectivity index (χ4v) is 3.34. The fourth-order valence-electron chi connectivity index (χ4n) is 2.20. The average molecular weight is 324 g/mol. The quantitative estimate of drug-likeness (QED) is 0.750. The molecule has 1 aromatic carbocycles. The third-order valence-corrected chi connectivity index (χ3v) is 4.72. The Bertz CT molecular complexity index is 539. The molecule has 0 aliphatic rings. The van der Waals surface area contributed by atoms with E-state index in [-0.39, 0.29) is 0 Å². The minimum Gasteiger partial charge on any atom is -0.313 e. The fraction of sp³-hybridized carbons (Fsp3) is 0.438. The van der Waals surface area contributed by atoms with Crippen molar-refractivity contribution in [2.24, 2.45) is 7.05 Å². The van der Waals surface area contributed by atoms with Gasteiger partial charge >= 0.3 is 0 Å². The molecule has 5 heteroatoms. The van der Waals surface area contributed by atoms with Crippen LogP contribution in [0.2, 0.25) is 5.02 Å². The number of benzene rings is 1. The summed E-state index contributed by atoms with van der Waals surface area (Å²) in [6.07, 6.45) is 6.23. The summed E-state index contributed by atoms with van der Waals surface area (Å²) in [5.41, 5.74) is 1.30. The van der Waals surface area contributed by atoms with Gasteiger partial charge in [0.25, 0.3) is 0 Å². The predicted molar refractivity (Wildman–Crippen MR) is 91.2 cm³/mol. The topological polar surface area (TPSA) is 29.9 Å². The largest absolute Gasteiger partial charge is 0.313 e. The summed E-state index contributed by atoms with van der Waals surface area (Å²) >= 11 is 7.79. The van der Waals surface area contributed by atoms with E-state index in [0.717, 1.165) is 30.2 Å². The van der Waals surface area contributed by atoms with E-state index < -0.39 is 0 Å². The van der Waals surface area contributed by atoms with Gasteiger partial charge in [-0.25, -0.2) is 0 Å². The van der Waals surface area contributed by atoms with Gasteiger partial charge in [0.15, 0.2) is 0 Å². The minimum absolute atomic E-state index is 0.510. The van der Waals surface area contributed by atoms with E-state index in [1.54, 1.807) is 0 Å². The zero-order chi connectivity index (χ0) is 15.1. The van der Waals surface area contributed by atoms with Crippen LogP contribution in [0.1, 0.15) is 18.9 Å². The molecule has 0 saturated heterocycles. The normalized spacial score (nSPS) is 12.5. The van der Waals surface area contributed by atoms with Crippen LogP contribution in [-0.4, -0.2) is 28.1 Å². The Morgan fingerprint density at radius 2 is 2.10 bits per heavy atom. The van der Waals surface area contributed by atoms with E-state index in [2.05, 4.69) is 35.7 Å². The standard InChI is InChI=1S/C16H22ClN3S/c1-3-18-15(7-4-13-10-19-20(2)11-13)12-21-16-8-5-14(17)6-9-16/h5-6,8-11,15,18H,3-4,7,12H2,1-2H3. The lowest BCUT2D eigenvalue weighted by Crippen LogP contribution is -2.31. The van der Waals surface area contributed by atoms with E-state index in [4.69, 9.17) is 11.6 Å². The smallest absolute Gasteiger partial charge is 0.0521 e. The molecule has 3 nitrogen and oxygen atoms in total. The molecule has 1 atom stereocenters. The van der Waals surface area contributed by atoms with Gasteiger partial charge in [-0.2, -0.15) is 5.10 Å². The molecular formula is C16H22ClN3S. The Hall–Kier alpha value is -0.970. The Morgan fingerprint density at radius 1 is 1.33 bits per heavy atom. The lowest BCUT2D eigenvalue weighted by Gasteiger charge is -2.17. The molecule has 0 amide bonds. The number of rotatable bonds is 8. The molecule has 2 aromatic rings. The summed E-state index contributed by atoms with van der Waals surface area (Å²) in [5, 5.41) is 8.58. The third-order valence-electron chi connectivity index (χ3n) is 3.30. The van der Waals surface area contributed by atoms with Gasteiger partial charge < -0.3 is 5.32 Å². The number of halogens is 1. The first kappa shape index (κ1) is 16.4. The van der Waals surface area contributed by atoms with Crippen LogP contribution in [0.25, 0.3) is 0 Å². The number of aryl methyl sites for hydroxylation is 2. The highest BCUT2D eigenvalue weighted by Crippen LogP contribution is 2.22. The van der Waals surface area contributed by atoms with Crippen molar-refractivity contribution in [3.05, 3.63) is 47.2 Å². The van der Waals surface area contributed by atoms with Crippen LogP contribution < -0.4 is 5.32 Å². The van der Waals surface area contributed by atoms with Gasteiger partial charge in [0.1, 0.15) is 0 Å². The SMILES string of the molecule is CCNC(CCc1cnn(C)c1)CSc1ccc(Cl)cc1. The Labute approximate surface area is 136 Å². The van der Waals surface area contributed by atoms with Crippen LogP contribution >= 0.6 is 23.4 Å². The van der Waals surface area contributed by atoms with Crippen molar-refractivity contribution in [3.63, 3.8) is 0 Å². The second-order valence-electron chi connectivity index (χ2n) is 5.08. The van der Waals surface area contributed by atoms with Gasteiger partial charge in [-0.05, 0) is 49.2 Å². The zero-order valence-corrected chi connectivity index (χ0v) is 14.1. The summed E-state index contributed by atoms with van der Waals surface area (Å²) < 4.78 is 1.86. The predicted octanol–water partition coefficient (Wildman–Crippen LogP) is 3.78. The van der Waals surface area contributed by atoms with Crippen molar-refractivity contribution in [1.29, 1.82) is 0 Å². The lowest BCUT2D eigenvalue weighted by molar-refractivity contribution is 0.537. The molecule has 0 aliphatic heterocycles. The molecule has 0 spiro atoms. The molecule has 1 heterocycles. The van der Waals surface area contributed by atoms with E-state index in [9.17, 15) is 0 Å². The Kier molecular flexibility index (Phi) is 6.61. The second-order valence-corrected chi connectivity index (χ2v) is 6.61. The summed E-state index contributed by atoms with van der Waals surface area (Å²) in [7, 11) is 1.96. The number of nitrogens with one attached hydrogen (secondary N) is 1. The molecule has 0 aliphatic carbocycles. The molecule has 0 saturated carbocycles. The van der Waals surface area contributed by atoms with Gasteiger partial charge in [-0.3, -0.25) is 4.68 Å². The van der Waals surface area contributed by atoms with Gasteiger partial charge in [-0.15, -0.1) is 11.8 Å². The number of thioether (sulfide) groups is 1. The van der Waals surface area contributed by atoms with Crippen LogP contribution in [0.4, 0.5) is 0 Å². The van der Waals surface area contributed by atoms with Crippen LogP contribution in [0.5, 0.6) is 0 Å². The van der Waals surface area contributed by atoms with Crippen LogP contribution in [0, 0.1) is 0 Å². The summed E-state index contributed by atoms with van der Waals surface area (Å²) in [6.45, 7) is 3.16. The van der Waals surface area contributed by atoms with Crippen molar-refractivity contribution in [2.45, 2.75) is 30.7 Å². The summed E-state index contributed by atoms with van der Waals surface area (Å²) in [4.78, 5) is 1.27. The third kappa shape index (κ3) is 5.73. The van der Waals surface area contributed by atoms with Crippen LogP contribution in [0.15, 0.2) is 41.6 Å². The highest BCUT2D eigenvalue weighted by atomic mass is 35.5. The monoisotopic (exact) mass is 323 g/mol. The molecule has 1 unspecified atom stereocenters. The van der Waals surface area contributed by atoms with Crippen LogP contribution in [-0.2, 0) is 13.5 Å². The number of hydrogen-bond donors (Lipinski definition) is 1. The van der Waals surface area contributed by atoms with Gasteiger partial charge in [0.05, 0.1) is 6.20 Å². The van der Waals surface area contributed by atoms with Crippen molar-refractivity contribution in [3.8, 4) is 0 Å². The lowest BCUT2D eigenvalue weighted by atomic mass is 10.1. The zero-order valence-electron chi connectivity index (χ0n) is 12.6. The maximum Gasteiger partial charge on any atom is 0.0521 e. The second kappa shape index (κ2) is 8.47. The summed E-state index contributed by atoms with van der Waals surface area (Å²) in [6, 6.07) is 8.56. The number of aromatic nitrogens is 2. The first-order valence-electron chi connectivity index (χ1n) is 7.26. The van der Waals surface area contributed by atoms with Crippen molar-refractivity contribution in [2.75, 3.05) is 12.3 Å².